The molecule has 29 heavy (non-hydrogen) atoms. The zero-order valence-electron chi connectivity index (χ0n) is 17.4. The number of nitrogens with one attached hydrogen (secondary N) is 2. The highest BCUT2D eigenvalue weighted by molar-refractivity contribution is 5.74. The molecule has 156 valence electrons. The molecule has 0 bridgehead atoms. The minimum absolute atomic E-state index is 0.139. The molecule has 6 heteroatoms. The Hall–Kier alpha value is -2.57. The highest BCUT2D eigenvalue weighted by Crippen LogP contribution is 2.14. The number of anilines is 1. The van der Waals surface area contributed by atoms with E-state index in [-0.39, 0.29) is 12.1 Å². The molecule has 1 fully saturated rings. The Morgan fingerprint density at radius 2 is 1.69 bits per heavy atom. The van der Waals surface area contributed by atoms with Gasteiger partial charge < -0.3 is 20.3 Å². The van der Waals surface area contributed by atoms with Gasteiger partial charge in [-0.3, -0.25) is 4.90 Å². The van der Waals surface area contributed by atoms with Crippen LogP contribution in [0.3, 0.4) is 0 Å². The fourth-order valence-electron chi connectivity index (χ4n) is 3.42. The number of para-hydroxylation sites is 1. The molecule has 1 heterocycles. The smallest absolute Gasteiger partial charge is 0.315 e. The van der Waals surface area contributed by atoms with Gasteiger partial charge >= 0.3 is 6.03 Å². The maximum Gasteiger partial charge on any atom is 0.315 e. The van der Waals surface area contributed by atoms with Crippen LogP contribution in [0.5, 0.6) is 0 Å². The van der Waals surface area contributed by atoms with Crippen LogP contribution in [0.2, 0.25) is 0 Å². The van der Waals surface area contributed by atoms with E-state index in [2.05, 4.69) is 57.7 Å². The lowest BCUT2D eigenvalue weighted by Gasteiger charge is -2.28. The largest absolute Gasteiger partial charge is 0.379 e. The Labute approximate surface area is 173 Å². The number of ether oxygens (including phenoxy) is 1. The zero-order chi connectivity index (χ0) is 20.5. The summed E-state index contributed by atoms with van der Waals surface area (Å²) in [6.07, 6.45) is 0. The fourth-order valence-corrected chi connectivity index (χ4v) is 3.42. The summed E-state index contributed by atoms with van der Waals surface area (Å²) in [5.41, 5.74) is 3.55. The SMILES string of the molecule is CC(CNC(=O)NCc1ccccc1CN1CCOCC1)N(C)c1ccccc1. The van der Waals surface area contributed by atoms with E-state index in [1.807, 2.05) is 31.3 Å². The zero-order valence-corrected chi connectivity index (χ0v) is 17.4. The van der Waals surface area contributed by atoms with Crippen molar-refractivity contribution in [3.8, 4) is 0 Å². The molecule has 2 aromatic carbocycles. The summed E-state index contributed by atoms with van der Waals surface area (Å²) in [7, 11) is 2.04. The first-order valence-corrected chi connectivity index (χ1v) is 10.3. The molecule has 3 rings (SSSR count). The van der Waals surface area contributed by atoms with Crippen LogP contribution in [0.25, 0.3) is 0 Å². The first-order valence-electron chi connectivity index (χ1n) is 10.3. The van der Waals surface area contributed by atoms with Crippen molar-refractivity contribution in [2.75, 3.05) is 44.8 Å². The third kappa shape index (κ3) is 6.48. The number of carbonyl (C=O) groups is 1. The molecule has 0 saturated carbocycles. The minimum atomic E-state index is -0.139. The number of carbonyl (C=O) groups excluding carboxylic acids is 1. The van der Waals surface area contributed by atoms with Crippen LogP contribution < -0.4 is 15.5 Å². The highest BCUT2D eigenvalue weighted by Gasteiger charge is 2.14. The molecular weight excluding hydrogens is 364 g/mol. The van der Waals surface area contributed by atoms with Crippen molar-refractivity contribution in [1.29, 1.82) is 0 Å². The van der Waals surface area contributed by atoms with E-state index >= 15 is 0 Å². The molecule has 0 aromatic heterocycles. The Balaban J connectivity index is 1.45. The molecule has 0 aliphatic carbocycles. The normalized spacial score (nSPS) is 15.5. The first kappa shape index (κ1) is 21.1. The summed E-state index contributed by atoms with van der Waals surface area (Å²) >= 11 is 0. The average molecular weight is 397 g/mol. The minimum Gasteiger partial charge on any atom is -0.379 e. The van der Waals surface area contributed by atoms with Crippen LogP contribution in [0.1, 0.15) is 18.1 Å². The van der Waals surface area contributed by atoms with Gasteiger partial charge in [-0.15, -0.1) is 0 Å². The second-order valence-electron chi connectivity index (χ2n) is 7.52. The van der Waals surface area contributed by atoms with Gasteiger partial charge in [-0.1, -0.05) is 42.5 Å². The van der Waals surface area contributed by atoms with E-state index in [9.17, 15) is 4.79 Å². The molecular formula is C23H32N4O2. The van der Waals surface area contributed by atoms with Crippen LogP contribution in [-0.2, 0) is 17.8 Å². The molecule has 6 nitrogen and oxygen atoms in total. The quantitative estimate of drug-likeness (QED) is 0.720. The average Bonchev–Trinajstić information content (AvgIpc) is 2.77. The van der Waals surface area contributed by atoms with Crippen molar-refractivity contribution in [2.45, 2.75) is 26.1 Å². The number of amides is 2. The van der Waals surface area contributed by atoms with Crippen LogP contribution in [0.4, 0.5) is 10.5 Å². The van der Waals surface area contributed by atoms with Crippen molar-refractivity contribution in [3.05, 3.63) is 65.7 Å². The molecule has 1 saturated heterocycles. The Morgan fingerprint density at radius 1 is 1.03 bits per heavy atom. The van der Waals surface area contributed by atoms with E-state index in [0.29, 0.717) is 13.1 Å². The molecule has 0 spiro atoms. The summed E-state index contributed by atoms with van der Waals surface area (Å²) in [4.78, 5) is 16.9. The first-order chi connectivity index (χ1) is 14.1. The number of morpholine rings is 1. The van der Waals surface area contributed by atoms with Crippen LogP contribution >= 0.6 is 0 Å². The van der Waals surface area contributed by atoms with Gasteiger partial charge in [0.2, 0.25) is 0 Å². The lowest BCUT2D eigenvalue weighted by Crippen LogP contribution is -2.44. The van der Waals surface area contributed by atoms with Gasteiger partial charge in [0, 0.05) is 51.5 Å². The number of rotatable bonds is 8. The monoisotopic (exact) mass is 396 g/mol. The number of benzene rings is 2. The van der Waals surface area contributed by atoms with E-state index in [1.165, 1.54) is 5.56 Å². The lowest BCUT2D eigenvalue weighted by molar-refractivity contribution is 0.0341. The highest BCUT2D eigenvalue weighted by atomic mass is 16.5. The van der Waals surface area contributed by atoms with Crippen LogP contribution in [0.15, 0.2) is 54.6 Å². The predicted octanol–water partition coefficient (Wildman–Crippen LogP) is 2.84. The molecule has 2 N–H and O–H groups in total. The molecule has 1 atom stereocenters. The van der Waals surface area contributed by atoms with Crippen molar-refractivity contribution >= 4 is 11.7 Å². The van der Waals surface area contributed by atoms with Crippen molar-refractivity contribution in [2.24, 2.45) is 0 Å². The molecule has 1 unspecified atom stereocenters. The van der Waals surface area contributed by atoms with E-state index < -0.39 is 0 Å². The maximum absolute atomic E-state index is 12.3. The maximum atomic E-state index is 12.3. The van der Waals surface area contributed by atoms with Gasteiger partial charge in [-0.05, 0) is 30.2 Å². The van der Waals surface area contributed by atoms with E-state index in [4.69, 9.17) is 4.74 Å². The second-order valence-corrected chi connectivity index (χ2v) is 7.52. The van der Waals surface area contributed by atoms with Gasteiger partial charge in [0.25, 0.3) is 0 Å². The second kappa shape index (κ2) is 10.8. The van der Waals surface area contributed by atoms with Gasteiger partial charge in [0.15, 0.2) is 0 Å². The summed E-state index contributed by atoms with van der Waals surface area (Å²) < 4.78 is 5.43. The summed E-state index contributed by atoms with van der Waals surface area (Å²) in [5, 5.41) is 5.98. The number of urea groups is 1. The number of nitrogens with zero attached hydrogens (tertiary/aromatic N) is 2. The van der Waals surface area contributed by atoms with Crippen molar-refractivity contribution in [3.63, 3.8) is 0 Å². The number of hydrogen-bond donors (Lipinski definition) is 2. The third-order valence-corrected chi connectivity index (χ3v) is 5.44. The summed E-state index contributed by atoms with van der Waals surface area (Å²) in [5.74, 6) is 0. The van der Waals surface area contributed by atoms with Gasteiger partial charge in [0.05, 0.1) is 13.2 Å². The Kier molecular flexibility index (Phi) is 7.90. The predicted molar refractivity (Wildman–Crippen MR) is 117 cm³/mol. The Morgan fingerprint density at radius 3 is 2.41 bits per heavy atom. The third-order valence-electron chi connectivity index (χ3n) is 5.44. The topological polar surface area (TPSA) is 56.8 Å². The summed E-state index contributed by atoms with van der Waals surface area (Å²) in [6.45, 7) is 7.58. The summed E-state index contributed by atoms with van der Waals surface area (Å²) in [6, 6.07) is 18.5. The van der Waals surface area contributed by atoms with Crippen LogP contribution in [-0.4, -0.2) is 56.9 Å². The molecule has 2 amide bonds. The van der Waals surface area contributed by atoms with Gasteiger partial charge in [-0.25, -0.2) is 4.79 Å². The van der Waals surface area contributed by atoms with Gasteiger partial charge in [0.1, 0.15) is 0 Å². The van der Waals surface area contributed by atoms with Crippen LogP contribution in [0, 0.1) is 0 Å². The molecule has 2 aromatic rings. The lowest BCUT2D eigenvalue weighted by atomic mass is 10.1. The van der Waals surface area contributed by atoms with E-state index in [1.54, 1.807) is 0 Å². The Bertz CT molecular complexity index is 762. The van der Waals surface area contributed by atoms with Crippen molar-refractivity contribution in [1.82, 2.24) is 15.5 Å². The molecule has 1 aliphatic heterocycles. The van der Waals surface area contributed by atoms with Gasteiger partial charge in [-0.2, -0.15) is 0 Å². The number of likely N-dealkylation sites (N-methyl/N-ethyl adjacent to an activating group) is 1. The molecule has 0 radical (unpaired) electrons. The fraction of sp³-hybridized carbons (Fsp3) is 0.435. The standard InChI is InChI=1S/C23H32N4O2/c1-19(26(2)22-10-4-3-5-11-22)16-24-23(28)25-17-20-8-6-7-9-21(20)18-27-12-14-29-15-13-27/h3-11,19H,12-18H2,1-2H3,(H2,24,25,28). The molecule has 1 aliphatic rings. The van der Waals surface area contributed by atoms with Crippen molar-refractivity contribution < 1.29 is 9.53 Å². The van der Waals surface area contributed by atoms with E-state index in [0.717, 1.165) is 44.1 Å². The number of hydrogen-bond acceptors (Lipinski definition) is 4.